The van der Waals surface area contributed by atoms with Crippen molar-refractivity contribution in [3.05, 3.63) is 41.3 Å². The zero-order valence-corrected chi connectivity index (χ0v) is 19.4. The van der Waals surface area contributed by atoms with E-state index in [2.05, 4.69) is 32.1 Å². The molecule has 4 N–H and O–H groups in total. The molecule has 1 fully saturated rings. The predicted molar refractivity (Wildman–Crippen MR) is 130 cm³/mol. The van der Waals surface area contributed by atoms with Crippen LogP contribution in [0.25, 0.3) is 22.1 Å². The number of rotatable bonds is 7. The summed E-state index contributed by atoms with van der Waals surface area (Å²) in [5.41, 5.74) is 9.13. The van der Waals surface area contributed by atoms with Gasteiger partial charge in [0, 0.05) is 55.2 Å². The van der Waals surface area contributed by atoms with Gasteiger partial charge in [-0.1, -0.05) is 18.5 Å². The molecule has 166 valence electrons. The molecule has 10 heteroatoms. The van der Waals surface area contributed by atoms with Gasteiger partial charge in [-0.2, -0.15) is 0 Å². The Morgan fingerprint density at radius 3 is 3.06 bits per heavy atom. The molecule has 0 saturated carbocycles. The molecule has 0 amide bonds. The Bertz CT molecular complexity index is 1260. The van der Waals surface area contributed by atoms with E-state index in [1.165, 1.54) is 11.8 Å². The third-order valence-corrected chi connectivity index (χ3v) is 6.92. The van der Waals surface area contributed by atoms with Gasteiger partial charge in [0.15, 0.2) is 5.16 Å². The number of pyridine rings is 2. The highest BCUT2D eigenvalue weighted by Gasteiger charge is 2.27. The summed E-state index contributed by atoms with van der Waals surface area (Å²) in [6, 6.07) is 6.24. The molecule has 1 unspecified atom stereocenters. The number of hydrogen-bond acceptors (Lipinski definition) is 8. The van der Waals surface area contributed by atoms with Gasteiger partial charge in [0.25, 0.3) is 0 Å². The van der Waals surface area contributed by atoms with E-state index in [0.29, 0.717) is 22.8 Å². The number of nitrogens with zero attached hydrogens (tertiary/aromatic N) is 5. The van der Waals surface area contributed by atoms with Gasteiger partial charge in [-0.15, -0.1) is 0 Å². The molecule has 1 atom stereocenters. The van der Waals surface area contributed by atoms with Crippen LogP contribution in [0.5, 0.6) is 0 Å². The summed E-state index contributed by atoms with van der Waals surface area (Å²) >= 11 is 8.22. The highest BCUT2D eigenvalue weighted by molar-refractivity contribution is 7.99. The van der Waals surface area contributed by atoms with E-state index in [1.54, 1.807) is 6.20 Å². The number of aryl methyl sites for hydroxylation is 1. The Hall–Kier alpha value is -2.46. The van der Waals surface area contributed by atoms with Gasteiger partial charge in [0.05, 0.1) is 21.4 Å². The van der Waals surface area contributed by atoms with Crippen LogP contribution in [0.2, 0.25) is 5.02 Å². The lowest BCUT2D eigenvalue weighted by molar-refractivity contribution is 0.559. The molecular weight excluding hydrogens is 444 g/mol. The summed E-state index contributed by atoms with van der Waals surface area (Å²) in [6.45, 7) is 5.29. The summed E-state index contributed by atoms with van der Waals surface area (Å²) in [5.74, 6) is 0.877. The predicted octanol–water partition coefficient (Wildman–Crippen LogP) is 3.40. The van der Waals surface area contributed by atoms with Crippen LogP contribution in [0.15, 0.2) is 40.6 Å². The first kappa shape index (κ1) is 21.4. The van der Waals surface area contributed by atoms with Crippen LogP contribution >= 0.6 is 23.4 Å². The van der Waals surface area contributed by atoms with Crippen LogP contribution in [-0.4, -0.2) is 57.1 Å². The number of aromatic amines is 1. The number of aromatic nitrogens is 5. The molecule has 1 aliphatic heterocycles. The second-order valence-corrected chi connectivity index (χ2v) is 9.23. The van der Waals surface area contributed by atoms with E-state index in [9.17, 15) is 0 Å². The molecule has 4 aromatic heterocycles. The third kappa shape index (κ3) is 4.13. The van der Waals surface area contributed by atoms with Crippen molar-refractivity contribution < 1.29 is 0 Å². The number of halogens is 1. The summed E-state index contributed by atoms with van der Waals surface area (Å²) < 4.78 is 0. The van der Waals surface area contributed by atoms with Gasteiger partial charge in [-0.05, 0) is 42.8 Å². The minimum atomic E-state index is 0.388. The van der Waals surface area contributed by atoms with Crippen molar-refractivity contribution in [3.8, 4) is 0 Å². The minimum absolute atomic E-state index is 0.388. The van der Waals surface area contributed by atoms with Crippen molar-refractivity contribution in [1.29, 1.82) is 0 Å². The smallest absolute Gasteiger partial charge is 0.196 e. The molecule has 0 radical (unpaired) electrons. The first-order chi connectivity index (χ1) is 15.7. The van der Waals surface area contributed by atoms with E-state index in [4.69, 9.17) is 27.3 Å². The van der Waals surface area contributed by atoms with E-state index in [1.807, 2.05) is 24.4 Å². The molecule has 0 spiro atoms. The van der Waals surface area contributed by atoms with Crippen LogP contribution in [0.3, 0.4) is 0 Å². The van der Waals surface area contributed by atoms with Gasteiger partial charge in [0.2, 0.25) is 0 Å². The standard InChI is InChI=1S/C22H25ClN8S/c1-2-15-19(23)18-20(28-15)29-22(30-21(18)31-9-5-13(12-31)25-8-6-24)32-14-10-17-16(27-11-14)4-3-7-26-17/h3-4,7,10-11,13,25H,2,5-6,8-9,12,24H2,1H3,(H,28,29,30). The average molecular weight is 469 g/mol. The number of nitrogens with one attached hydrogen (secondary N) is 2. The van der Waals surface area contributed by atoms with E-state index >= 15 is 0 Å². The highest BCUT2D eigenvalue weighted by Crippen LogP contribution is 2.37. The summed E-state index contributed by atoms with van der Waals surface area (Å²) in [7, 11) is 0. The molecule has 4 aromatic rings. The van der Waals surface area contributed by atoms with Crippen LogP contribution in [0.4, 0.5) is 5.82 Å². The highest BCUT2D eigenvalue weighted by atomic mass is 35.5. The Labute approximate surface area is 195 Å². The molecule has 0 aromatic carbocycles. The maximum absolute atomic E-state index is 6.74. The van der Waals surface area contributed by atoms with Crippen molar-refractivity contribution in [3.63, 3.8) is 0 Å². The minimum Gasteiger partial charge on any atom is -0.354 e. The number of fused-ring (bicyclic) bond motifs is 2. The van der Waals surface area contributed by atoms with E-state index < -0.39 is 0 Å². The first-order valence-electron chi connectivity index (χ1n) is 10.8. The lowest BCUT2D eigenvalue weighted by Crippen LogP contribution is -2.35. The van der Waals surface area contributed by atoms with Gasteiger partial charge in [-0.25, -0.2) is 9.97 Å². The SMILES string of the molecule is CCc1[nH]c2nc(Sc3cnc4cccnc4c3)nc(N3CCC(NCCN)C3)c2c1Cl. The van der Waals surface area contributed by atoms with Crippen molar-refractivity contribution in [2.24, 2.45) is 5.73 Å². The quantitative estimate of drug-likeness (QED) is 0.354. The zero-order valence-electron chi connectivity index (χ0n) is 17.8. The zero-order chi connectivity index (χ0) is 22.1. The average Bonchev–Trinajstić information content (AvgIpc) is 3.41. The summed E-state index contributed by atoms with van der Waals surface area (Å²) in [5, 5.41) is 5.77. The molecule has 5 heterocycles. The normalized spacial score (nSPS) is 16.5. The lowest BCUT2D eigenvalue weighted by Gasteiger charge is -2.19. The van der Waals surface area contributed by atoms with Crippen molar-refractivity contribution in [2.45, 2.75) is 35.9 Å². The third-order valence-electron chi connectivity index (χ3n) is 5.68. The van der Waals surface area contributed by atoms with Crippen molar-refractivity contribution in [2.75, 3.05) is 31.1 Å². The van der Waals surface area contributed by atoms with Crippen LogP contribution in [0, 0.1) is 0 Å². The monoisotopic (exact) mass is 468 g/mol. The van der Waals surface area contributed by atoms with Gasteiger partial charge in [-0.3, -0.25) is 9.97 Å². The fourth-order valence-electron chi connectivity index (χ4n) is 4.09. The molecule has 0 bridgehead atoms. The largest absolute Gasteiger partial charge is 0.354 e. The van der Waals surface area contributed by atoms with Crippen LogP contribution < -0.4 is 16.0 Å². The van der Waals surface area contributed by atoms with Crippen LogP contribution in [0.1, 0.15) is 19.0 Å². The summed E-state index contributed by atoms with van der Waals surface area (Å²) in [4.78, 5) is 25.3. The van der Waals surface area contributed by atoms with Gasteiger partial charge >= 0.3 is 0 Å². The molecule has 1 aliphatic rings. The number of H-pyrrole nitrogens is 1. The fourth-order valence-corrected chi connectivity index (χ4v) is 5.20. The lowest BCUT2D eigenvalue weighted by atomic mass is 10.2. The molecule has 1 saturated heterocycles. The Balaban J connectivity index is 1.52. The molecule has 8 nitrogen and oxygen atoms in total. The second-order valence-electron chi connectivity index (χ2n) is 7.81. The molecular formula is C22H25ClN8S. The van der Waals surface area contributed by atoms with Gasteiger partial charge < -0.3 is 20.9 Å². The second kappa shape index (κ2) is 9.19. The molecule has 32 heavy (non-hydrogen) atoms. The Morgan fingerprint density at radius 1 is 1.31 bits per heavy atom. The number of anilines is 1. The molecule has 5 rings (SSSR count). The number of nitrogens with two attached hydrogens (primary N) is 1. The van der Waals surface area contributed by atoms with E-state index in [-0.39, 0.29) is 0 Å². The fraction of sp³-hybridized carbons (Fsp3) is 0.364. The van der Waals surface area contributed by atoms with Crippen molar-refractivity contribution >= 4 is 51.2 Å². The van der Waals surface area contributed by atoms with Gasteiger partial charge in [0.1, 0.15) is 11.5 Å². The van der Waals surface area contributed by atoms with E-state index in [0.717, 1.165) is 70.9 Å². The maximum atomic E-state index is 6.74. The molecule has 0 aliphatic carbocycles. The van der Waals surface area contributed by atoms with Crippen molar-refractivity contribution in [1.82, 2.24) is 30.2 Å². The Morgan fingerprint density at radius 2 is 2.22 bits per heavy atom. The number of hydrogen-bond donors (Lipinski definition) is 3. The Kier molecular flexibility index (Phi) is 6.14. The summed E-state index contributed by atoms with van der Waals surface area (Å²) in [6.07, 6.45) is 5.45. The first-order valence-corrected chi connectivity index (χ1v) is 12.0. The maximum Gasteiger partial charge on any atom is 0.196 e. The topological polar surface area (TPSA) is 109 Å². The van der Waals surface area contributed by atoms with Crippen LogP contribution in [-0.2, 0) is 6.42 Å².